The average Bonchev–Trinajstić information content (AvgIpc) is 3.55. The Kier molecular flexibility index (Phi) is 5.83. The van der Waals surface area contributed by atoms with Gasteiger partial charge >= 0.3 is 5.97 Å². The normalized spacial score (nSPS) is 20.6. The first-order chi connectivity index (χ1) is 17.1. The van der Waals surface area contributed by atoms with E-state index in [1.54, 1.807) is 13.3 Å². The first-order valence-electron chi connectivity index (χ1n) is 11.7. The Morgan fingerprint density at radius 1 is 1.28 bits per heavy atom. The molecule has 3 heterocycles. The van der Waals surface area contributed by atoms with Gasteiger partial charge in [-0.25, -0.2) is 18.6 Å². The van der Waals surface area contributed by atoms with Crippen molar-refractivity contribution in [3.63, 3.8) is 0 Å². The predicted molar refractivity (Wildman–Crippen MR) is 130 cm³/mol. The Labute approximate surface area is 206 Å². The third-order valence-corrected chi connectivity index (χ3v) is 7.35. The SMILES string of the molecule is COCC(C)(C)c1c(C2CC[C@@](OC)(C(=O)O)C2)c2nc3[nH]ncc3cc2n1-c1ccc(F)c(F)c1. The molecule has 36 heavy (non-hydrogen) atoms. The number of aliphatic carboxylic acids is 1. The summed E-state index contributed by atoms with van der Waals surface area (Å²) in [7, 11) is 3.03. The first kappa shape index (κ1) is 24.3. The van der Waals surface area contributed by atoms with E-state index in [0.29, 0.717) is 41.8 Å². The number of carboxylic acid groups (broad SMARTS) is 1. The minimum Gasteiger partial charge on any atom is -0.479 e. The minimum absolute atomic E-state index is 0.200. The molecule has 0 aliphatic heterocycles. The van der Waals surface area contributed by atoms with E-state index in [-0.39, 0.29) is 12.3 Å². The number of benzene rings is 1. The van der Waals surface area contributed by atoms with Crippen molar-refractivity contribution in [2.75, 3.05) is 20.8 Å². The predicted octanol–water partition coefficient (Wildman–Crippen LogP) is 4.84. The summed E-state index contributed by atoms with van der Waals surface area (Å²) in [6.45, 7) is 4.35. The number of aromatic nitrogens is 4. The number of hydrogen-bond donors (Lipinski definition) is 2. The lowest BCUT2D eigenvalue weighted by atomic mass is 9.82. The molecule has 1 saturated carbocycles. The maximum atomic E-state index is 14.5. The summed E-state index contributed by atoms with van der Waals surface area (Å²) in [5.41, 5.74) is 2.12. The van der Waals surface area contributed by atoms with E-state index in [9.17, 15) is 18.7 Å². The van der Waals surface area contributed by atoms with E-state index in [4.69, 9.17) is 14.5 Å². The maximum absolute atomic E-state index is 14.5. The van der Waals surface area contributed by atoms with Gasteiger partial charge in [-0.3, -0.25) is 5.10 Å². The summed E-state index contributed by atoms with van der Waals surface area (Å²) in [5.74, 6) is -3.10. The number of ether oxygens (including phenoxy) is 2. The van der Waals surface area contributed by atoms with Crippen LogP contribution in [0.2, 0.25) is 0 Å². The van der Waals surface area contributed by atoms with Gasteiger partial charge in [0.05, 0.1) is 23.8 Å². The summed E-state index contributed by atoms with van der Waals surface area (Å²) >= 11 is 0. The molecule has 1 fully saturated rings. The van der Waals surface area contributed by atoms with Crippen LogP contribution in [0.25, 0.3) is 27.8 Å². The number of fused-ring (bicyclic) bond motifs is 2. The van der Waals surface area contributed by atoms with Gasteiger partial charge in [0.15, 0.2) is 22.9 Å². The molecular formula is C26H28F2N4O4. The Bertz CT molecular complexity index is 1480. The zero-order valence-electron chi connectivity index (χ0n) is 20.6. The van der Waals surface area contributed by atoms with Gasteiger partial charge in [0.2, 0.25) is 0 Å². The van der Waals surface area contributed by atoms with E-state index in [2.05, 4.69) is 10.2 Å². The quantitative estimate of drug-likeness (QED) is 0.378. The first-order valence-corrected chi connectivity index (χ1v) is 11.7. The van der Waals surface area contributed by atoms with E-state index >= 15 is 0 Å². The van der Waals surface area contributed by atoms with Crippen molar-refractivity contribution in [2.24, 2.45) is 0 Å². The molecule has 1 aromatic carbocycles. The van der Waals surface area contributed by atoms with Crippen LogP contribution < -0.4 is 0 Å². The molecule has 0 saturated heterocycles. The van der Waals surface area contributed by atoms with Gasteiger partial charge in [-0.15, -0.1) is 0 Å². The molecule has 0 bridgehead atoms. The molecule has 3 aromatic heterocycles. The molecule has 190 valence electrons. The van der Waals surface area contributed by atoms with Crippen molar-refractivity contribution in [2.45, 2.75) is 50.0 Å². The molecule has 4 aromatic rings. The lowest BCUT2D eigenvalue weighted by molar-refractivity contribution is -0.161. The number of nitrogens with zero attached hydrogens (tertiary/aromatic N) is 3. The standard InChI is InChI=1S/C26H28F2N4O4/c1-25(2,13-35-3)22-20(14-7-8-26(11-14,36-4)24(33)34)21-19(9-15-12-29-31-23(15)30-21)32(22)16-5-6-17(27)18(28)10-16/h5-6,9-10,12,14H,7-8,11,13H2,1-4H3,(H,33,34)(H,29,30,31)/t14?,26-/m0/s1. The van der Waals surface area contributed by atoms with Crippen LogP contribution >= 0.6 is 0 Å². The van der Waals surface area contributed by atoms with Crippen LogP contribution in [-0.2, 0) is 19.7 Å². The number of carbonyl (C=O) groups is 1. The molecule has 0 radical (unpaired) electrons. The second-order valence-corrected chi connectivity index (χ2v) is 10.1. The molecule has 2 atom stereocenters. The fourth-order valence-corrected chi connectivity index (χ4v) is 5.69. The number of nitrogens with one attached hydrogen (secondary N) is 1. The summed E-state index contributed by atoms with van der Waals surface area (Å²) < 4.78 is 41.3. The molecular weight excluding hydrogens is 470 g/mol. The van der Waals surface area contributed by atoms with Gasteiger partial charge in [-0.1, -0.05) is 13.8 Å². The number of H-pyrrole nitrogens is 1. The van der Waals surface area contributed by atoms with Crippen molar-refractivity contribution >= 4 is 28.0 Å². The molecule has 0 spiro atoms. The Morgan fingerprint density at radius 3 is 2.69 bits per heavy atom. The molecule has 8 nitrogen and oxygen atoms in total. The van der Waals surface area contributed by atoms with Gasteiger partial charge in [0.25, 0.3) is 0 Å². The van der Waals surface area contributed by atoms with Gasteiger partial charge in [-0.05, 0) is 43.4 Å². The molecule has 5 rings (SSSR count). The third-order valence-electron chi connectivity index (χ3n) is 7.35. The molecule has 10 heteroatoms. The van der Waals surface area contributed by atoms with E-state index < -0.39 is 28.6 Å². The zero-order valence-corrected chi connectivity index (χ0v) is 20.6. The smallest absolute Gasteiger partial charge is 0.335 e. The number of pyridine rings is 1. The second-order valence-electron chi connectivity index (χ2n) is 10.1. The lowest BCUT2D eigenvalue weighted by Gasteiger charge is -2.30. The number of aromatic amines is 1. The van der Waals surface area contributed by atoms with Crippen LogP contribution in [0, 0.1) is 11.6 Å². The lowest BCUT2D eigenvalue weighted by Crippen LogP contribution is -2.38. The maximum Gasteiger partial charge on any atom is 0.335 e. The van der Waals surface area contributed by atoms with Gasteiger partial charge in [-0.2, -0.15) is 5.10 Å². The van der Waals surface area contributed by atoms with Crippen LogP contribution in [-0.4, -0.2) is 57.3 Å². The molecule has 0 amide bonds. The largest absolute Gasteiger partial charge is 0.479 e. The highest BCUT2D eigenvalue weighted by atomic mass is 19.2. The Balaban J connectivity index is 1.87. The van der Waals surface area contributed by atoms with Crippen molar-refractivity contribution in [1.82, 2.24) is 19.7 Å². The van der Waals surface area contributed by atoms with Gasteiger partial charge < -0.3 is 19.1 Å². The second kappa shape index (κ2) is 8.63. The Morgan fingerprint density at radius 2 is 2.06 bits per heavy atom. The highest BCUT2D eigenvalue weighted by Crippen LogP contribution is 2.49. The summed E-state index contributed by atoms with van der Waals surface area (Å²) in [6, 6.07) is 5.70. The van der Waals surface area contributed by atoms with Crippen molar-refractivity contribution in [1.29, 1.82) is 0 Å². The van der Waals surface area contributed by atoms with Crippen LogP contribution in [0.15, 0.2) is 30.5 Å². The van der Waals surface area contributed by atoms with Crippen LogP contribution in [0.4, 0.5) is 8.78 Å². The van der Waals surface area contributed by atoms with E-state index in [1.807, 2.05) is 24.5 Å². The Hall–Kier alpha value is -3.37. The fourth-order valence-electron chi connectivity index (χ4n) is 5.69. The molecule has 1 unspecified atom stereocenters. The van der Waals surface area contributed by atoms with Crippen LogP contribution in [0.5, 0.6) is 0 Å². The third kappa shape index (κ3) is 3.67. The van der Waals surface area contributed by atoms with E-state index in [0.717, 1.165) is 28.8 Å². The highest BCUT2D eigenvalue weighted by molar-refractivity contribution is 5.94. The minimum atomic E-state index is -1.30. The molecule has 1 aliphatic carbocycles. The van der Waals surface area contributed by atoms with Gasteiger partial charge in [0.1, 0.15) is 0 Å². The number of rotatable bonds is 7. The van der Waals surface area contributed by atoms with Crippen LogP contribution in [0.3, 0.4) is 0 Å². The van der Waals surface area contributed by atoms with Crippen LogP contribution in [0.1, 0.15) is 50.3 Å². The molecule has 1 aliphatic rings. The monoisotopic (exact) mass is 498 g/mol. The number of carboxylic acids is 1. The van der Waals surface area contributed by atoms with Crippen molar-refractivity contribution in [3.8, 4) is 5.69 Å². The number of methoxy groups -OCH3 is 2. The number of hydrogen-bond acceptors (Lipinski definition) is 5. The average molecular weight is 499 g/mol. The topological polar surface area (TPSA) is 102 Å². The number of halogens is 2. The van der Waals surface area contributed by atoms with E-state index in [1.165, 1.54) is 13.2 Å². The van der Waals surface area contributed by atoms with Crippen molar-refractivity contribution < 1.29 is 28.2 Å². The zero-order chi connectivity index (χ0) is 25.8. The summed E-state index contributed by atoms with van der Waals surface area (Å²) in [4.78, 5) is 17.0. The van der Waals surface area contributed by atoms with Crippen molar-refractivity contribution in [3.05, 3.63) is 53.4 Å². The van der Waals surface area contributed by atoms with Gasteiger partial charge in [0, 0.05) is 48.0 Å². The fraction of sp³-hybridized carbons (Fsp3) is 0.423. The molecule has 2 N–H and O–H groups in total. The summed E-state index contributed by atoms with van der Waals surface area (Å²) in [5, 5.41) is 17.7. The highest BCUT2D eigenvalue weighted by Gasteiger charge is 2.48. The summed E-state index contributed by atoms with van der Waals surface area (Å²) in [6.07, 6.45) is 2.82.